The van der Waals surface area contributed by atoms with E-state index in [1.807, 2.05) is 0 Å². The molecule has 2 rings (SSSR count). The first-order valence-electron chi connectivity index (χ1n) is 6.73. The van der Waals surface area contributed by atoms with Crippen LogP contribution in [-0.4, -0.2) is 29.8 Å². The van der Waals surface area contributed by atoms with Crippen LogP contribution in [0.15, 0.2) is 54.6 Å². The van der Waals surface area contributed by atoms with Gasteiger partial charge in [0.2, 0.25) is 0 Å². The Kier molecular flexibility index (Phi) is 5.60. The van der Waals surface area contributed by atoms with E-state index >= 15 is 0 Å². The minimum absolute atomic E-state index is 0.387. The van der Waals surface area contributed by atoms with E-state index in [0.717, 1.165) is 6.08 Å². The molecule has 0 saturated heterocycles. The maximum atomic E-state index is 10.4. The molecule has 120 valence electrons. The minimum Gasteiger partial charge on any atom is -0.497 e. The van der Waals surface area contributed by atoms with Crippen molar-refractivity contribution in [3.63, 3.8) is 0 Å². The standard InChI is InChI=1S/C17H16O6/c1-21-13-7-9-15(10-8-13)23-17(20)22-14-5-2-12(3-6-14)4-11-16(18)19/h2-11,17,20H,1H3,(H,18,19)/b11-4+. The van der Waals surface area contributed by atoms with Crippen molar-refractivity contribution in [2.75, 3.05) is 7.11 Å². The Morgan fingerprint density at radius 3 is 1.91 bits per heavy atom. The fourth-order valence-corrected chi connectivity index (χ4v) is 1.74. The molecule has 0 amide bonds. The summed E-state index contributed by atoms with van der Waals surface area (Å²) < 4.78 is 15.5. The van der Waals surface area contributed by atoms with Crippen molar-refractivity contribution in [1.82, 2.24) is 0 Å². The maximum Gasteiger partial charge on any atom is 0.358 e. The second-order valence-electron chi connectivity index (χ2n) is 4.46. The summed E-state index contributed by atoms with van der Waals surface area (Å²) in [7, 11) is 1.56. The summed E-state index contributed by atoms with van der Waals surface area (Å²) in [5.74, 6) is 0.476. The molecule has 1 unspecified atom stereocenters. The highest BCUT2D eigenvalue weighted by molar-refractivity contribution is 5.85. The van der Waals surface area contributed by atoms with Gasteiger partial charge in [0.25, 0.3) is 0 Å². The Morgan fingerprint density at radius 1 is 0.957 bits per heavy atom. The number of methoxy groups -OCH3 is 1. The number of benzene rings is 2. The molecule has 2 N–H and O–H groups in total. The number of aliphatic carboxylic acids is 1. The molecule has 6 heteroatoms. The van der Waals surface area contributed by atoms with Crippen LogP contribution >= 0.6 is 0 Å². The maximum absolute atomic E-state index is 10.4. The van der Waals surface area contributed by atoms with Gasteiger partial charge in [0.15, 0.2) is 0 Å². The number of carboxylic acid groups (broad SMARTS) is 1. The lowest BCUT2D eigenvalue weighted by Gasteiger charge is -2.15. The van der Waals surface area contributed by atoms with Gasteiger partial charge in [0.05, 0.1) is 7.11 Å². The summed E-state index contributed by atoms with van der Waals surface area (Å²) >= 11 is 0. The molecule has 0 heterocycles. The van der Waals surface area contributed by atoms with E-state index in [0.29, 0.717) is 22.8 Å². The topological polar surface area (TPSA) is 85.2 Å². The highest BCUT2D eigenvalue weighted by Gasteiger charge is 2.08. The van der Waals surface area contributed by atoms with Crippen molar-refractivity contribution in [1.29, 1.82) is 0 Å². The van der Waals surface area contributed by atoms with Gasteiger partial charge in [-0.1, -0.05) is 12.1 Å². The number of aliphatic hydroxyl groups excluding tert-OH is 1. The number of carboxylic acids is 1. The number of hydrogen-bond acceptors (Lipinski definition) is 5. The van der Waals surface area contributed by atoms with E-state index in [1.165, 1.54) is 6.08 Å². The number of ether oxygens (including phenoxy) is 3. The first-order chi connectivity index (χ1) is 11.1. The number of hydrogen-bond donors (Lipinski definition) is 2. The fourth-order valence-electron chi connectivity index (χ4n) is 1.74. The average molecular weight is 316 g/mol. The van der Waals surface area contributed by atoms with Crippen LogP contribution in [-0.2, 0) is 4.79 Å². The normalized spacial score (nSPS) is 11.9. The van der Waals surface area contributed by atoms with Crippen LogP contribution in [0.2, 0.25) is 0 Å². The van der Waals surface area contributed by atoms with Crippen LogP contribution in [0.1, 0.15) is 5.56 Å². The summed E-state index contributed by atoms with van der Waals surface area (Å²) in [6, 6.07) is 13.2. The van der Waals surface area contributed by atoms with Crippen LogP contribution < -0.4 is 14.2 Å². The molecule has 0 radical (unpaired) electrons. The van der Waals surface area contributed by atoms with Crippen LogP contribution in [0.4, 0.5) is 0 Å². The van der Waals surface area contributed by atoms with Crippen molar-refractivity contribution in [2.45, 2.75) is 6.48 Å². The lowest BCUT2D eigenvalue weighted by atomic mass is 10.2. The predicted octanol–water partition coefficient (Wildman–Crippen LogP) is 2.53. The van der Waals surface area contributed by atoms with E-state index in [4.69, 9.17) is 19.3 Å². The molecule has 0 aliphatic heterocycles. The molecule has 6 nitrogen and oxygen atoms in total. The molecular formula is C17H16O6. The van der Waals surface area contributed by atoms with E-state index in [1.54, 1.807) is 55.6 Å². The highest BCUT2D eigenvalue weighted by Crippen LogP contribution is 2.19. The second-order valence-corrected chi connectivity index (χ2v) is 4.46. The summed E-state index contributed by atoms with van der Waals surface area (Å²) in [5.41, 5.74) is 0.699. The summed E-state index contributed by atoms with van der Waals surface area (Å²) in [6.07, 6.45) is 2.49. The monoisotopic (exact) mass is 316 g/mol. The zero-order chi connectivity index (χ0) is 16.7. The Hall–Kier alpha value is -2.99. The van der Waals surface area contributed by atoms with E-state index in [9.17, 15) is 9.90 Å². The molecular weight excluding hydrogens is 300 g/mol. The molecule has 0 fully saturated rings. The van der Waals surface area contributed by atoms with Gasteiger partial charge in [-0.2, -0.15) is 0 Å². The van der Waals surface area contributed by atoms with Crippen molar-refractivity contribution in [3.05, 3.63) is 60.2 Å². The molecule has 0 saturated carbocycles. The van der Waals surface area contributed by atoms with E-state index < -0.39 is 12.4 Å². The number of rotatable bonds is 7. The molecule has 2 aromatic carbocycles. The Balaban J connectivity index is 1.91. The van der Waals surface area contributed by atoms with Crippen molar-refractivity contribution in [3.8, 4) is 17.2 Å². The van der Waals surface area contributed by atoms with Crippen LogP contribution in [0.25, 0.3) is 6.08 Å². The Labute approximate surface area is 133 Å². The third-order valence-corrected chi connectivity index (χ3v) is 2.83. The molecule has 0 aliphatic carbocycles. The lowest BCUT2D eigenvalue weighted by molar-refractivity contribution is -0.160. The molecule has 2 aromatic rings. The Morgan fingerprint density at radius 2 is 1.43 bits per heavy atom. The summed E-state index contributed by atoms with van der Waals surface area (Å²) in [6.45, 7) is -1.47. The lowest BCUT2D eigenvalue weighted by Crippen LogP contribution is -2.22. The fraction of sp³-hybridized carbons (Fsp3) is 0.118. The molecule has 0 spiro atoms. The third kappa shape index (κ3) is 5.37. The zero-order valence-corrected chi connectivity index (χ0v) is 12.4. The SMILES string of the molecule is COc1ccc(OC(O)Oc2ccc(/C=C/C(=O)O)cc2)cc1. The first-order valence-corrected chi connectivity index (χ1v) is 6.73. The summed E-state index contributed by atoms with van der Waals surface area (Å²) in [5, 5.41) is 18.3. The van der Waals surface area contributed by atoms with Crippen LogP contribution in [0, 0.1) is 0 Å². The smallest absolute Gasteiger partial charge is 0.358 e. The molecule has 0 aromatic heterocycles. The van der Waals surface area contributed by atoms with Gasteiger partial charge in [-0.25, -0.2) is 4.79 Å². The number of carbonyl (C=O) groups is 1. The molecule has 23 heavy (non-hydrogen) atoms. The number of aliphatic hydroxyl groups is 1. The van der Waals surface area contributed by atoms with Crippen molar-refractivity contribution < 1.29 is 29.2 Å². The van der Waals surface area contributed by atoms with E-state index in [-0.39, 0.29) is 0 Å². The quantitative estimate of drug-likeness (QED) is 0.603. The third-order valence-electron chi connectivity index (χ3n) is 2.83. The second kappa shape index (κ2) is 7.86. The Bertz CT molecular complexity index is 660. The average Bonchev–Trinajstić information content (AvgIpc) is 2.55. The van der Waals surface area contributed by atoms with Gasteiger partial charge < -0.3 is 24.4 Å². The van der Waals surface area contributed by atoms with Gasteiger partial charge in [0, 0.05) is 6.08 Å². The van der Waals surface area contributed by atoms with Gasteiger partial charge >= 0.3 is 12.4 Å². The zero-order valence-electron chi connectivity index (χ0n) is 12.4. The van der Waals surface area contributed by atoms with Gasteiger partial charge in [-0.05, 0) is 48.0 Å². The predicted molar refractivity (Wildman–Crippen MR) is 83.4 cm³/mol. The molecule has 1 atom stereocenters. The van der Waals surface area contributed by atoms with Crippen molar-refractivity contribution in [2.24, 2.45) is 0 Å². The van der Waals surface area contributed by atoms with E-state index in [2.05, 4.69) is 0 Å². The largest absolute Gasteiger partial charge is 0.497 e. The summed E-state index contributed by atoms with van der Waals surface area (Å²) in [4.78, 5) is 10.4. The van der Waals surface area contributed by atoms with Crippen molar-refractivity contribution >= 4 is 12.0 Å². The first kappa shape index (κ1) is 16.4. The molecule has 0 bridgehead atoms. The van der Waals surface area contributed by atoms with Gasteiger partial charge in [-0.15, -0.1) is 0 Å². The van der Waals surface area contributed by atoms with Crippen LogP contribution in [0.5, 0.6) is 17.2 Å². The molecule has 0 aliphatic rings. The highest BCUT2D eigenvalue weighted by atomic mass is 16.8. The minimum atomic E-state index is -1.47. The van der Waals surface area contributed by atoms with Gasteiger partial charge in [-0.3, -0.25) is 0 Å². The van der Waals surface area contributed by atoms with Crippen LogP contribution in [0.3, 0.4) is 0 Å². The van der Waals surface area contributed by atoms with Gasteiger partial charge in [0.1, 0.15) is 17.2 Å².